The molecule has 1 radical (unpaired) electrons. The summed E-state index contributed by atoms with van der Waals surface area (Å²) in [5.41, 5.74) is 10.9. The molecule has 2 N–H and O–H groups in total. The van der Waals surface area contributed by atoms with Crippen molar-refractivity contribution in [3.8, 4) is 16.9 Å². The molecule has 1 amide bonds. The van der Waals surface area contributed by atoms with Gasteiger partial charge in [-0.05, 0) is 71.3 Å². The highest BCUT2D eigenvalue weighted by Crippen LogP contribution is 2.35. The molecule has 0 spiro atoms. The number of aromatic nitrogens is 1. The van der Waals surface area contributed by atoms with Crippen LogP contribution in [0.4, 0.5) is 4.39 Å². The molecule has 0 aliphatic rings. The molecule has 0 atom stereocenters. The minimum Gasteiger partial charge on any atom is -0.497 e. The van der Waals surface area contributed by atoms with Crippen LogP contribution in [0.2, 0.25) is 0 Å². The lowest BCUT2D eigenvalue weighted by atomic mass is 10.0. The first kappa shape index (κ1) is 19.8. The molecule has 5 rings (SSSR count). The fourth-order valence-corrected chi connectivity index (χ4v) is 4.15. The normalized spacial score (nSPS) is 11.2. The number of carbonyl (C=O) groups is 1. The molecule has 0 unspecified atom stereocenters. The Hall–Kier alpha value is -4.12. The first-order chi connectivity index (χ1) is 15.5. The van der Waals surface area contributed by atoms with Crippen molar-refractivity contribution in [1.29, 1.82) is 0 Å². The molecule has 32 heavy (non-hydrogen) atoms. The van der Waals surface area contributed by atoms with Crippen molar-refractivity contribution in [2.45, 2.75) is 6.54 Å². The van der Waals surface area contributed by atoms with E-state index in [1.807, 2.05) is 42.5 Å². The molecule has 1 aromatic heterocycles. The quantitative estimate of drug-likeness (QED) is 0.403. The largest absolute Gasteiger partial charge is 0.497 e. The second kappa shape index (κ2) is 7.85. The Balaban J connectivity index is 1.75. The third kappa shape index (κ3) is 3.38. The van der Waals surface area contributed by atoms with Gasteiger partial charge in [0.15, 0.2) is 0 Å². The number of nitrogens with zero attached hydrogens (tertiary/aromatic N) is 1. The highest BCUT2D eigenvalue weighted by Gasteiger charge is 2.17. The van der Waals surface area contributed by atoms with Crippen LogP contribution >= 0.6 is 0 Å². The third-order valence-corrected chi connectivity index (χ3v) is 5.74. The zero-order valence-corrected chi connectivity index (χ0v) is 17.4. The number of primary amides is 1. The summed E-state index contributed by atoms with van der Waals surface area (Å²) in [4.78, 5) is 12.2. The maximum atomic E-state index is 13.4. The molecule has 157 valence electrons. The molecule has 4 nitrogen and oxygen atoms in total. The fourth-order valence-electron chi connectivity index (χ4n) is 4.15. The van der Waals surface area contributed by atoms with Gasteiger partial charge in [-0.15, -0.1) is 0 Å². The van der Waals surface area contributed by atoms with Gasteiger partial charge in [-0.1, -0.05) is 30.3 Å². The lowest BCUT2D eigenvalue weighted by molar-refractivity contribution is 0.100. The maximum absolute atomic E-state index is 13.4. The number of ether oxygens (including phenoxy) is 1. The van der Waals surface area contributed by atoms with Gasteiger partial charge in [0, 0.05) is 22.9 Å². The highest BCUT2D eigenvalue weighted by molar-refractivity contribution is 6.18. The molecule has 0 aliphatic carbocycles. The number of nitrogens with two attached hydrogens (primary N) is 1. The van der Waals surface area contributed by atoms with Gasteiger partial charge in [0.1, 0.15) is 11.6 Å². The predicted octanol–water partition coefficient (Wildman–Crippen LogP) is 5.56. The van der Waals surface area contributed by atoms with Crippen molar-refractivity contribution in [2.24, 2.45) is 5.73 Å². The Kier molecular flexibility index (Phi) is 4.86. The van der Waals surface area contributed by atoms with Gasteiger partial charge in [-0.2, -0.15) is 0 Å². The second-order valence-electron chi connectivity index (χ2n) is 7.65. The predicted molar refractivity (Wildman–Crippen MR) is 124 cm³/mol. The van der Waals surface area contributed by atoms with E-state index in [0.717, 1.165) is 44.2 Å². The Morgan fingerprint density at radius 1 is 1.00 bits per heavy atom. The second-order valence-corrected chi connectivity index (χ2v) is 7.65. The molecule has 0 saturated heterocycles. The number of methoxy groups -OCH3 is 1. The minimum absolute atomic E-state index is 0.276. The van der Waals surface area contributed by atoms with Crippen LogP contribution in [0.5, 0.6) is 5.75 Å². The number of carbonyl (C=O) groups excluding carboxylic acids is 1. The summed E-state index contributed by atoms with van der Waals surface area (Å²) in [6.07, 6.45) is 0. The van der Waals surface area contributed by atoms with E-state index in [9.17, 15) is 9.18 Å². The molecule has 1 heterocycles. The van der Waals surface area contributed by atoms with E-state index in [4.69, 9.17) is 10.5 Å². The molecule has 4 aromatic carbocycles. The summed E-state index contributed by atoms with van der Waals surface area (Å²) in [7, 11) is 1.64. The van der Waals surface area contributed by atoms with Crippen molar-refractivity contribution in [3.05, 3.63) is 102 Å². The summed E-state index contributed by atoms with van der Waals surface area (Å²) < 4.78 is 20.8. The lowest BCUT2D eigenvalue weighted by Gasteiger charge is -2.09. The van der Waals surface area contributed by atoms with Crippen LogP contribution in [0.3, 0.4) is 0 Å². The van der Waals surface area contributed by atoms with Crippen molar-refractivity contribution < 1.29 is 13.9 Å². The number of halogens is 1. The summed E-state index contributed by atoms with van der Waals surface area (Å²) in [5.74, 6) is 0.0292. The van der Waals surface area contributed by atoms with Gasteiger partial charge >= 0.3 is 0 Å². The lowest BCUT2D eigenvalue weighted by Crippen LogP contribution is -2.11. The van der Waals surface area contributed by atoms with E-state index in [1.54, 1.807) is 25.3 Å². The zero-order chi connectivity index (χ0) is 22.2. The van der Waals surface area contributed by atoms with Crippen LogP contribution < -0.4 is 10.5 Å². The van der Waals surface area contributed by atoms with Crippen molar-refractivity contribution in [3.63, 3.8) is 0 Å². The average Bonchev–Trinajstić information content (AvgIpc) is 3.13. The van der Waals surface area contributed by atoms with Crippen LogP contribution in [0.15, 0.2) is 78.9 Å². The Labute approximate surface area is 184 Å². The Morgan fingerprint density at radius 2 is 1.75 bits per heavy atom. The van der Waals surface area contributed by atoms with Crippen LogP contribution in [-0.2, 0) is 6.54 Å². The van der Waals surface area contributed by atoms with E-state index in [2.05, 4.69) is 16.7 Å². The van der Waals surface area contributed by atoms with Crippen LogP contribution in [-0.4, -0.2) is 17.6 Å². The van der Waals surface area contributed by atoms with E-state index < -0.39 is 5.91 Å². The molecule has 0 fully saturated rings. The third-order valence-electron chi connectivity index (χ3n) is 5.74. The van der Waals surface area contributed by atoms with Crippen LogP contribution in [0.25, 0.3) is 32.9 Å². The highest BCUT2D eigenvalue weighted by atomic mass is 19.1. The Morgan fingerprint density at radius 3 is 2.44 bits per heavy atom. The number of hydrogen-bond acceptors (Lipinski definition) is 2. The average molecular weight is 423 g/mol. The molecular weight excluding hydrogens is 403 g/mol. The number of fused-ring (bicyclic) bond motifs is 3. The first-order valence-corrected chi connectivity index (χ1v) is 10.2. The summed E-state index contributed by atoms with van der Waals surface area (Å²) in [6.45, 7) is 0.516. The van der Waals surface area contributed by atoms with E-state index in [-0.39, 0.29) is 5.82 Å². The molecular formula is C27H20FN2O2. The SMILES string of the molecule is COc1ccc(-c2c[c]c3c4c(C(N)=O)cccc4n(Cc4ccc(F)cc4)c3c2)cc1. The standard InChI is InChI=1S/C27H20FN2O2/c1-32-21-12-7-18(8-13-21)19-9-14-22-25(15-19)30(16-17-5-10-20(28)11-6-17)24-4-2-3-23(26(22)24)27(29)31/h2-13,15H,16H2,1H3,(H2,29,31). The summed E-state index contributed by atoms with van der Waals surface area (Å²) >= 11 is 0. The first-order valence-electron chi connectivity index (χ1n) is 10.2. The maximum Gasteiger partial charge on any atom is 0.249 e. The summed E-state index contributed by atoms with van der Waals surface area (Å²) in [6, 6.07) is 27.2. The monoisotopic (exact) mass is 423 g/mol. The van der Waals surface area contributed by atoms with Crippen molar-refractivity contribution in [2.75, 3.05) is 7.11 Å². The van der Waals surface area contributed by atoms with E-state index >= 15 is 0 Å². The van der Waals surface area contributed by atoms with Gasteiger partial charge in [0.05, 0.1) is 18.1 Å². The minimum atomic E-state index is -0.482. The fraction of sp³-hybridized carbons (Fsp3) is 0.0741. The van der Waals surface area contributed by atoms with Gasteiger partial charge in [0.25, 0.3) is 0 Å². The number of amides is 1. The van der Waals surface area contributed by atoms with Gasteiger partial charge in [-0.3, -0.25) is 4.79 Å². The molecule has 5 heteroatoms. The van der Waals surface area contributed by atoms with Gasteiger partial charge < -0.3 is 15.0 Å². The number of hydrogen-bond donors (Lipinski definition) is 1. The van der Waals surface area contributed by atoms with E-state index in [1.165, 1.54) is 12.1 Å². The van der Waals surface area contributed by atoms with Crippen molar-refractivity contribution in [1.82, 2.24) is 4.57 Å². The van der Waals surface area contributed by atoms with Crippen LogP contribution in [0, 0.1) is 11.9 Å². The number of rotatable bonds is 5. The van der Waals surface area contributed by atoms with Gasteiger partial charge in [0.2, 0.25) is 5.91 Å². The summed E-state index contributed by atoms with van der Waals surface area (Å²) in [5, 5.41) is 1.60. The van der Waals surface area contributed by atoms with E-state index in [0.29, 0.717) is 12.1 Å². The van der Waals surface area contributed by atoms with Crippen molar-refractivity contribution >= 4 is 27.7 Å². The zero-order valence-electron chi connectivity index (χ0n) is 17.4. The molecule has 0 aliphatic heterocycles. The molecule has 0 saturated carbocycles. The van der Waals surface area contributed by atoms with Gasteiger partial charge in [-0.25, -0.2) is 4.39 Å². The topological polar surface area (TPSA) is 57.2 Å². The smallest absolute Gasteiger partial charge is 0.249 e. The molecule has 0 bridgehead atoms. The molecule has 5 aromatic rings. The Bertz CT molecular complexity index is 1450. The number of benzene rings is 4. The van der Waals surface area contributed by atoms with Crippen LogP contribution in [0.1, 0.15) is 15.9 Å².